The van der Waals surface area contributed by atoms with Gasteiger partial charge in [0.25, 0.3) is 0 Å². The number of carbonyl (C=O) groups excluding carboxylic acids is 2. The fourth-order valence-corrected chi connectivity index (χ4v) is 1.75. The van der Waals surface area contributed by atoms with Crippen LogP contribution < -0.4 is 0 Å². The van der Waals surface area contributed by atoms with Crippen LogP contribution in [0.15, 0.2) is 18.2 Å². The smallest absolute Gasteiger partial charge is 0.147 e. The van der Waals surface area contributed by atoms with Crippen molar-refractivity contribution >= 4 is 11.6 Å². The number of ketones is 2. The quantitative estimate of drug-likeness (QED) is 0.728. The number of carbonyl (C=O) groups is 2. The van der Waals surface area contributed by atoms with E-state index in [1.54, 1.807) is 6.92 Å². The Morgan fingerprint density at radius 2 is 1.62 bits per heavy atom. The molecule has 0 fully saturated rings. The van der Waals surface area contributed by atoms with Crippen LogP contribution in [0.25, 0.3) is 0 Å². The summed E-state index contributed by atoms with van der Waals surface area (Å²) >= 11 is 0. The molecule has 0 amide bonds. The molecule has 2 nitrogen and oxygen atoms in total. The van der Waals surface area contributed by atoms with E-state index in [9.17, 15) is 9.59 Å². The molecule has 2 heteroatoms. The van der Waals surface area contributed by atoms with Crippen molar-refractivity contribution < 1.29 is 9.59 Å². The number of hydrogen-bond acceptors (Lipinski definition) is 2. The van der Waals surface area contributed by atoms with Gasteiger partial charge in [0.1, 0.15) is 11.6 Å². The summed E-state index contributed by atoms with van der Waals surface area (Å²) in [6, 6.07) is 6.07. The summed E-state index contributed by atoms with van der Waals surface area (Å²) < 4.78 is 0. The maximum atomic E-state index is 11.8. The first-order chi connectivity index (χ1) is 7.40. The molecule has 0 saturated heterocycles. The Balaban J connectivity index is 2.81. The van der Waals surface area contributed by atoms with E-state index in [4.69, 9.17) is 0 Å². The second-order valence-corrected chi connectivity index (χ2v) is 4.47. The second-order valence-electron chi connectivity index (χ2n) is 4.47. The first-order valence-electron chi connectivity index (χ1n) is 5.50. The van der Waals surface area contributed by atoms with Gasteiger partial charge < -0.3 is 0 Å². The second kappa shape index (κ2) is 5.06. The molecule has 1 aromatic rings. The topological polar surface area (TPSA) is 34.1 Å². The molecule has 0 saturated carbocycles. The van der Waals surface area contributed by atoms with Crippen LogP contribution in [0.5, 0.6) is 0 Å². The molecule has 1 rings (SSSR count). The van der Waals surface area contributed by atoms with E-state index in [2.05, 4.69) is 6.07 Å². The molecule has 0 spiro atoms. The SMILES string of the molecule is CC(=O)C(C)C(=O)Cc1cc(C)cc(C)c1. The predicted octanol–water partition coefficient (Wildman–Crippen LogP) is 2.64. The van der Waals surface area contributed by atoms with Crippen LogP contribution in [0.1, 0.15) is 30.5 Å². The lowest BCUT2D eigenvalue weighted by atomic mass is 9.95. The molecule has 0 aliphatic rings. The standard InChI is InChI=1S/C14H18O2/c1-9-5-10(2)7-13(6-9)8-14(16)11(3)12(4)15/h5-7,11H,8H2,1-4H3. The van der Waals surface area contributed by atoms with Gasteiger partial charge >= 0.3 is 0 Å². The van der Waals surface area contributed by atoms with E-state index >= 15 is 0 Å². The van der Waals surface area contributed by atoms with Crippen LogP contribution in [0, 0.1) is 19.8 Å². The summed E-state index contributed by atoms with van der Waals surface area (Å²) in [6.07, 6.45) is 0.350. The predicted molar refractivity (Wildman–Crippen MR) is 64.5 cm³/mol. The zero-order chi connectivity index (χ0) is 12.3. The molecule has 86 valence electrons. The van der Waals surface area contributed by atoms with Crippen molar-refractivity contribution in [1.29, 1.82) is 0 Å². The molecule has 0 aliphatic heterocycles. The van der Waals surface area contributed by atoms with E-state index in [-0.39, 0.29) is 11.6 Å². The fourth-order valence-electron chi connectivity index (χ4n) is 1.75. The minimum Gasteiger partial charge on any atom is -0.299 e. The molecule has 1 aromatic carbocycles. The summed E-state index contributed by atoms with van der Waals surface area (Å²) in [5, 5.41) is 0. The van der Waals surface area contributed by atoms with Gasteiger partial charge in [-0.3, -0.25) is 9.59 Å². The Kier molecular flexibility index (Phi) is 3.99. The number of rotatable bonds is 4. The van der Waals surface area contributed by atoms with Crippen LogP contribution in [0.3, 0.4) is 0 Å². The van der Waals surface area contributed by atoms with Crippen LogP contribution in [0.2, 0.25) is 0 Å². The molecular formula is C14H18O2. The van der Waals surface area contributed by atoms with Crippen LogP contribution >= 0.6 is 0 Å². The van der Waals surface area contributed by atoms with Gasteiger partial charge in [-0.25, -0.2) is 0 Å². The lowest BCUT2D eigenvalue weighted by Crippen LogP contribution is -2.20. The lowest BCUT2D eigenvalue weighted by molar-refractivity contribution is -0.130. The van der Waals surface area contributed by atoms with Gasteiger partial charge in [0.2, 0.25) is 0 Å². The van der Waals surface area contributed by atoms with Gasteiger partial charge in [-0.1, -0.05) is 29.3 Å². The van der Waals surface area contributed by atoms with Gasteiger partial charge in [-0.05, 0) is 33.3 Å². The average Bonchev–Trinajstić information content (AvgIpc) is 2.14. The third kappa shape index (κ3) is 3.30. The largest absolute Gasteiger partial charge is 0.299 e. The maximum Gasteiger partial charge on any atom is 0.147 e. The third-order valence-electron chi connectivity index (χ3n) is 2.75. The monoisotopic (exact) mass is 218 g/mol. The first-order valence-corrected chi connectivity index (χ1v) is 5.50. The zero-order valence-corrected chi connectivity index (χ0v) is 10.3. The Hall–Kier alpha value is -1.44. The lowest BCUT2D eigenvalue weighted by Gasteiger charge is -2.08. The highest BCUT2D eigenvalue weighted by atomic mass is 16.1. The van der Waals surface area contributed by atoms with E-state index < -0.39 is 5.92 Å². The average molecular weight is 218 g/mol. The van der Waals surface area contributed by atoms with Gasteiger partial charge in [0, 0.05) is 6.42 Å². The van der Waals surface area contributed by atoms with Gasteiger partial charge in [-0.15, -0.1) is 0 Å². The highest BCUT2D eigenvalue weighted by Crippen LogP contribution is 2.12. The fraction of sp³-hybridized carbons (Fsp3) is 0.429. The molecule has 16 heavy (non-hydrogen) atoms. The number of aryl methyl sites for hydroxylation is 2. The summed E-state index contributed by atoms with van der Waals surface area (Å²) in [5.74, 6) is -0.548. The Morgan fingerprint density at radius 3 is 2.06 bits per heavy atom. The molecule has 1 atom stereocenters. The van der Waals surface area contributed by atoms with Crippen LogP contribution in [0.4, 0.5) is 0 Å². The van der Waals surface area contributed by atoms with Crippen molar-refractivity contribution in [1.82, 2.24) is 0 Å². The Bertz CT molecular complexity index is 398. The molecule has 1 unspecified atom stereocenters. The molecule has 0 aliphatic carbocycles. The minimum atomic E-state index is -0.485. The Morgan fingerprint density at radius 1 is 1.12 bits per heavy atom. The molecular weight excluding hydrogens is 200 g/mol. The van der Waals surface area contributed by atoms with E-state index in [1.165, 1.54) is 6.92 Å². The van der Waals surface area contributed by atoms with Crippen molar-refractivity contribution in [3.05, 3.63) is 34.9 Å². The normalized spacial score (nSPS) is 12.2. The molecule has 0 radical (unpaired) electrons. The highest BCUT2D eigenvalue weighted by molar-refractivity contribution is 6.01. The third-order valence-corrected chi connectivity index (χ3v) is 2.75. The van der Waals surface area contributed by atoms with E-state index in [0.717, 1.165) is 16.7 Å². The molecule has 0 N–H and O–H groups in total. The van der Waals surface area contributed by atoms with Gasteiger partial charge in [0.15, 0.2) is 0 Å². The zero-order valence-electron chi connectivity index (χ0n) is 10.3. The number of benzene rings is 1. The Labute approximate surface area is 96.7 Å². The summed E-state index contributed by atoms with van der Waals surface area (Å²) in [6.45, 7) is 7.15. The maximum absolute atomic E-state index is 11.8. The molecule has 0 aromatic heterocycles. The van der Waals surface area contributed by atoms with Crippen molar-refractivity contribution in [3.63, 3.8) is 0 Å². The van der Waals surface area contributed by atoms with Gasteiger partial charge in [0.05, 0.1) is 5.92 Å². The number of hydrogen-bond donors (Lipinski definition) is 0. The molecule has 0 bridgehead atoms. The molecule has 0 heterocycles. The van der Waals surface area contributed by atoms with Crippen molar-refractivity contribution in [3.8, 4) is 0 Å². The van der Waals surface area contributed by atoms with Crippen molar-refractivity contribution in [2.24, 2.45) is 5.92 Å². The van der Waals surface area contributed by atoms with E-state index in [1.807, 2.05) is 26.0 Å². The van der Waals surface area contributed by atoms with Gasteiger partial charge in [-0.2, -0.15) is 0 Å². The van der Waals surface area contributed by atoms with Crippen LogP contribution in [-0.4, -0.2) is 11.6 Å². The minimum absolute atomic E-state index is 0.00231. The van der Waals surface area contributed by atoms with Crippen molar-refractivity contribution in [2.75, 3.05) is 0 Å². The van der Waals surface area contributed by atoms with E-state index in [0.29, 0.717) is 6.42 Å². The highest BCUT2D eigenvalue weighted by Gasteiger charge is 2.17. The summed E-state index contributed by atoms with van der Waals surface area (Å²) in [5.41, 5.74) is 3.30. The van der Waals surface area contributed by atoms with Crippen molar-refractivity contribution in [2.45, 2.75) is 34.1 Å². The summed E-state index contributed by atoms with van der Waals surface area (Å²) in [4.78, 5) is 22.8. The first kappa shape index (κ1) is 12.6. The van der Waals surface area contributed by atoms with Crippen LogP contribution in [-0.2, 0) is 16.0 Å². The summed E-state index contributed by atoms with van der Waals surface area (Å²) in [7, 11) is 0. The number of Topliss-reactive ketones (excluding diaryl/α,β-unsaturated/α-hetero) is 2.